The number of hydrogen-bond acceptors (Lipinski definition) is 7. The predicted octanol–water partition coefficient (Wildman–Crippen LogP) is 3.26. The van der Waals surface area contributed by atoms with Gasteiger partial charge in [-0.25, -0.2) is 0 Å². The SMILES string of the molecule is COc1ccc2c(c1)O[C@H](C(C)(C)O)Cc1c-2oc2cc(OC)cc(O)c2c1=O. The molecule has 7 heteroatoms. The molecule has 29 heavy (non-hydrogen) atoms. The van der Waals surface area contributed by atoms with Gasteiger partial charge in [-0.15, -0.1) is 0 Å². The Morgan fingerprint density at radius 2 is 1.83 bits per heavy atom. The first-order valence-corrected chi connectivity index (χ1v) is 9.17. The van der Waals surface area contributed by atoms with E-state index in [0.29, 0.717) is 34.1 Å². The first-order valence-electron chi connectivity index (χ1n) is 9.17. The molecule has 2 heterocycles. The van der Waals surface area contributed by atoms with Crippen molar-refractivity contribution in [3.05, 3.63) is 46.1 Å². The van der Waals surface area contributed by atoms with Crippen LogP contribution in [-0.2, 0) is 6.42 Å². The van der Waals surface area contributed by atoms with E-state index in [2.05, 4.69) is 0 Å². The molecule has 0 fully saturated rings. The summed E-state index contributed by atoms with van der Waals surface area (Å²) in [5.41, 5.74) is -0.509. The predicted molar refractivity (Wildman–Crippen MR) is 107 cm³/mol. The van der Waals surface area contributed by atoms with E-state index in [1.165, 1.54) is 13.2 Å². The number of hydrogen-bond donors (Lipinski definition) is 2. The van der Waals surface area contributed by atoms with Crippen molar-refractivity contribution in [3.63, 3.8) is 0 Å². The molecule has 0 saturated heterocycles. The zero-order valence-electron chi connectivity index (χ0n) is 16.6. The third-order valence-corrected chi connectivity index (χ3v) is 5.16. The van der Waals surface area contributed by atoms with Gasteiger partial charge in [0.2, 0.25) is 0 Å². The van der Waals surface area contributed by atoms with E-state index >= 15 is 0 Å². The molecule has 0 spiro atoms. The molecule has 2 N–H and O–H groups in total. The lowest BCUT2D eigenvalue weighted by atomic mass is 9.93. The number of benzene rings is 2. The van der Waals surface area contributed by atoms with Crippen LogP contribution in [0, 0.1) is 0 Å². The molecule has 0 saturated carbocycles. The molecule has 0 radical (unpaired) electrons. The minimum absolute atomic E-state index is 0.0657. The Morgan fingerprint density at radius 3 is 2.48 bits per heavy atom. The van der Waals surface area contributed by atoms with Crippen LogP contribution >= 0.6 is 0 Å². The van der Waals surface area contributed by atoms with Crippen molar-refractivity contribution in [1.29, 1.82) is 0 Å². The highest BCUT2D eigenvalue weighted by Gasteiger charge is 2.36. The second-order valence-corrected chi connectivity index (χ2v) is 7.58. The van der Waals surface area contributed by atoms with E-state index in [4.69, 9.17) is 18.6 Å². The zero-order valence-corrected chi connectivity index (χ0v) is 16.6. The molecular formula is C22H22O7. The average molecular weight is 398 g/mol. The first-order chi connectivity index (χ1) is 13.7. The molecule has 0 aliphatic carbocycles. The molecule has 4 rings (SSSR count). The van der Waals surface area contributed by atoms with E-state index in [0.717, 1.165) is 0 Å². The van der Waals surface area contributed by atoms with Gasteiger partial charge in [0.15, 0.2) is 5.43 Å². The minimum Gasteiger partial charge on any atom is -0.507 e. The Hall–Kier alpha value is -3.19. The van der Waals surface area contributed by atoms with Gasteiger partial charge in [0.05, 0.1) is 25.4 Å². The second-order valence-electron chi connectivity index (χ2n) is 7.58. The fourth-order valence-electron chi connectivity index (χ4n) is 3.52. The fraction of sp³-hybridized carbons (Fsp3) is 0.318. The van der Waals surface area contributed by atoms with Crippen LogP contribution in [0.1, 0.15) is 19.4 Å². The number of phenolic OH excluding ortho intramolecular Hbond substituents is 1. The molecule has 1 aromatic heterocycles. The lowest BCUT2D eigenvalue weighted by Gasteiger charge is -2.29. The van der Waals surface area contributed by atoms with Crippen LogP contribution in [0.3, 0.4) is 0 Å². The summed E-state index contributed by atoms with van der Waals surface area (Å²) in [6, 6.07) is 8.10. The van der Waals surface area contributed by atoms with E-state index in [1.807, 2.05) is 0 Å². The van der Waals surface area contributed by atoms with Crippen molar-refractivity contribution >= 4 is 11.0 Å². The average Bonchev–Trinajstić information content (AvgIpc) is 2.84. The highest BCUT2D eigenvalue weighted by atomic mass is 16.5. The molecule has 1 atom stereocenters. The van der Waals surface area contributed by atoms with Gasteiger partial charge in [0, 0.05) is 30.2 Å². The van der Waals surface area contributed by atoms with Gasteiger partial charge in [0.25, 0.3) is 0 Å². The number of rotatable bonds is 3. The summed E-state index contributed by atoms with van der Waals surface area (Å²) in [5.74, 6) is 1.48. The number of ether oxygens (including phenoxy) is 3. The summed E-state index contributed by atoms with van der Waals surface area (Å²) in [6.45, 7) is 3.24. The van der Waals surface area contributed by atoms with Crippen LogP contribution < -0.4 is 19.6 Å². The number of phenols is 1. The summed E-state index contributed by atoms with van der Waals surface area (Å²) in [6.07, 6.45) is -0.602. The molecule has 0 unspecified atom stereocenters. The Bertz CT molecular complexity index is 1150. The number of aromatic hydroxyl groups is 1. The van der Waals surface area contributed by atoms with Crippen LogP contribution in [0.15, 0.2) is 39.5 Å². The van der Waals surface area contributed by atoms with Crippen LogP contribution in [-0.4, -0.2) is 36.1 Å². The van der Waals surface area contributed by atoms with Crippen molar-refractivity contribution < 1.29 is 28.8 Å². The molecule has 7 nitrogen and oxygen atoms in total. The van der Waals surface area contributed by atoms with Crippen molar-refractivity contribution in [2.75, 3.05) is 14.2 Å². The zero-order chi connectivity index (χ0) is 20.9. The minimum atomic E-state index is -1.23. The highest BCUT2D eigenvalue weighted by Crippen LogP contribution is 2.42. The van der Waals surface area contributed by atoms with Crippen LogP contribution in [0.5, 0.6) is 23.0 Å². The fourth-order valence-corrected chi connectivity index (χ4v) is 3.52. The van der Waals surface area contributed by atoms with Crippen LogP contribution in [0.25, 0.3) is 22.3 Å². The summed E-state index contributed by atoms with van der Waals surface area (Å²) < 4.78 is 22.6. The monoisotopic (exact) mass is 398 g/mol. The lowest BCUT2D eigenvalue weighted by molar-refractivity contribution is -0.0322. The Labute approximate surface area is 167 Å². The molecule has 1 aliphatic rings. The number of aliphatic hydroxyl groups is 1. The van der Waals surface area contributed by atoms with E-state index < -0.39 is 11.7 Å². The van der Waals surface area contributed by atoms with Crippen LogP contribution in [0.2, 0.25) is 0 Å². The van der Waals surface area contributed by atoms with Crippen molar-refractivity contribution in [2.24, 2.45) is 0 Å². The van der Waals surface area contributed by atoms with Gasteiger partial charge in [-0.3, -0.25) is 4.79 Å². The molecule has 2 aromatic carbocycles. The molecule has 0 amide bonds. The van der Waals surface area contributed by atoms with E-state index in [9.17, 15) is 15.0 Å². The van der Waals surface area contributed by atoms with Crippen molar-refractivity contribution in [1.82, 2.24) is 0 Å². The number of fused-ring (bicyclic) bond motifs is 4. The molecule has 0 bridgehead atoms. The van der Waals surface area contributed by atoms with Crippen molar-refractivity contribution in [3.8, 4) is 34.3 Å². The smallest absolute Gasteiger partial charge is 0.200 e. The Morgan fingerprint density at radius 1 is 1.10 bits per heavy atom. The van der Waals surface area contributed by atoms with Gasteiger partial charge in [-0.05, 0) is 26.0 Å². The summed E-state index contributed by atoms with van der Waals surface area (Å²) in [4.78, 5) is 13.3. The topological polar surface area (TPSA) is 98.4 Å². The van der Waals surface area contributed by atoms with E-state index in [-0.39, 0.29) is 28.6 Å². The van der Waals surface area contributed by atoms with Crippen LogP contribution in [0.4, 0.5) is 0 Å². The molecule has 1 aliphatic heterocycles. The second kappa shape index (κ2) is 6.70. The lowest BCUT2D eigenvalue weighted by Crippen LogP contribution is -2.42. The Balaban J connectivity index is 2.07. The van der Waals surface area contributed by atoms with Gasteiger partial charge >= 0.3 is 0 Å². The third kappa shape index (κ3) is 3.17. The largest absolute Gasteiger partial charge is 0.507 e. The summed E-state index contributed by atoms with van der Waals surface area (Å²) >= 11 is 0. The van der Waals surface area contributed by atoms with Gasteiger partial charge in [-0.2, -0.15) is 0 Å². The van der Waals surface area contributed by atoms with Crippen molar-refractivity contribution in [2.45, 2.75) is 32.0 Å². The van der Waals surface area contributed by atoms with Gasteiger partial charge < -0.3 is 28.8 Å². The Kier molecular flexibility index (Phi) is 4.42. The normalized spacial score (nSPS) is 15.8. The maximum absolute atomic E-state index is 13.3. The highest BCUT2D eigenvalue weighted by molar-refractivity contribution is 5.88. The molecule has 152 valence electrons. The maximum atomic E-state index is 13.3. The standard InChI is InChI=1S/C22H22O7/c1-22(2,25)18-10-14-20(24)19-15(23)7-12(27-4)9-17(19)29-21(14)13-6-5-11(26-3)8-16(13)28-18/h5-9,18,23,25H,10H2,1-4H3/t18-/m0/s1. The third-order valence-electron chi connectivity index (χ3n) is 5.16. The van der Waals surface area contributed by atoms with Gasteiger partial charge in [0.1, 0.15) is 45.8 Å². The maximum Gasteiger partial charge on any atom is 0.200 e. The van der Waals surface area contributed by atoms with Gasteiger partial charge in [-0.1, -0.05) is 0 Å². The summed E-state index contributed by atoms with van der Waals surface area (Å²) in [7, 11) is 3.01. The number of methoxy groups -OCH3 is 2. The first kappa shape index (κ1) is 19.1. The molecular weight excluding hydrogens is 376 g/mol. The van der Waals surface area contributed by atoms with E-state index in [1.54, 1.807) is 45.2 Å². The quantitative estimate of drug-likeness (QED) is 0.699. The summed E-state index contributed by atoms with van der Waals surface area (Å²) in [5, 5.41) is 21.1. The molecule has 3 aromatic rings.